The number of hydrogen-bond acceptors (Lipinski definition) is 4. The third kappa shape index (κ3) is 4.58. The zero-order chi connectivity index (χ0) is 8.36. The highest BCUT2D eigenvalue weighted by atomic mass is 17.0. The first-order valence-electron chi connectivity index (χ1n) is 2.62. The molecule has 0 heterocycles. The first-order chi connectivity index (χ1) is 4.33. The molecule has 0 aliphatic carbocycles. The molecule has 0 radical (unpaired) electrons. The SMILES string of the molecule is CC(C)(N)O[NH+]([O-])[NH+]([NH-])O. The smallest absolute Gasteiger partial charge is 0.177 e. The minimum atomic E-state index is -1.15. The van der Waals surface area contributed by atoms with Crippen molar-refractivity contribution in [2.75, 3.05) is 0 Å². The van der Waals surface area contributed by atoms with Crippen LogP contribution >= 0.6 is 0 Å². The minimum Gasteiger partial charge on any atom is -0.547 e. The number of hydrogen-bond donors (Lipinski definition) is 4. The first-order valence-corrected chi connectivity index (χ1v) is 2.62. The topological polar surface area (TPSA) is 111 Å². The Kier molecular flexibility index (Phi) is 3.12. The van der Waals surface area contributed by atoms with Gasteiger partial charge >= 0.3 is 0 Å². The van der Waals surface area contributed by atoms with Crippen molar-refractivity contribution in [3.8, 4) is 0 Å². The fourth-order valence-corrected chi connectivity index (χ4v) is 0.287. The Labute approximate surface area is 58.2 Å². The molecule has 0 saturated carbocycles. The van der Waals surface area contributed by atoms with Gasteiger partial charge in [0.05, 0.1) is 0 Å². The molecule has 0 aromatic rings. The van der Waals surface area contributed by atoms with E-state index in [-0.39, 0.29) is 0 Å². The summed E-state index contributed by atoms with van der Waals surface area (Å²) in [6.45, 7) is 2.88. The van der Waals surface area contributed by atoms with E-state index in [1.165, 1.54) is 13.8 Å². The molecule has 0 amide bonds. The second-order valence-electron chi connectivity index (χ2n) is 2.34. The van der Waals surface area contributed by atoms with Gasteiger partial charge in [0.25, 0.3) is 0 Å². The Bertz CT molecular complexity index is 100. The predicted octanol–water partition coefficient (Wildman–Crippen LogP) is -2.85. The largest absolute Gasteiger partial charge is 0.547 e. The number of nitrogens with two attached hydrogens (primary N) is 1. The molecule has 0 aromatic heterocycles. The van der Waals surface area contributed by atoms with E-state index in [0.29, 0.717) is 0 Å². The van der Waals surface area contributed by atoms with E-state index in [1.54, 1.807) is 0 Å². The average molecular weight is 152 g/mol. The summed E-state index contributed by atoms with van der Waals surface area (Å²) < 4.78 is 0. The number of quaternary nitrogens is 2. The lowest BCUT2D eigenvalue weighted by molar-refractivity contribution is -1.61. The van der Waals surface area contributed by atoms with Crippen LogP contribution in [0, 0.1) is 5.21 Å². The van der Waals surface area contributed by atoms with Gasteiger partial charge in [0.15, 0.2) is 5.72 Å². The Morgan fingerprint density at radius 3 is 2.20 bits per heavy atom. The Morgan fingerprint density at radius 2 is 2.10 bits per heavy atom. The van der Waals surface area contributed by atoms with Crippen molar-refractivity contribution >= 4 is 0 Å². The van der Waals surface area contributed by atoms with Gasteiger partial charge < -0.3 is 11.0 Å². The monoisotopic (exact) mass is 152 g/mol. The highest BCUT2D eigenvalue weighted by Gasteiger charge is 2.18. The molecule has 10 heavy (non-hydrogen) atoms. The zero-order valence-corrected chi connectivity index (χ0v) is 5.84. The molecule has 0 fully saturated rings. The zero-order valence-electron chi connectivity index (χ0n) is 5.84. The van der Waals surface area contributed by atoms with Gasteiger partial charge in [-0.3, -0.25) is 5.73 Å². The highest BCUT2D eigenvalue weighted by Crippen LogP contribution is 1.90. The van der Waals surface area contributed by atoms with Gasteiger partial charge in [-0.25, -0.2) is 0 Å². The summed E-state index contributed by atoms with van der Waals surface area (Å²) >= 11 is 0. The summed E-state index contributed by atoms with van der Waals surface area (Å²) in [5, 5.41) is 16.4. The molecular formula is C3H12N4O3. The quantitative estimate of drug-likeness (QED) is 0.257. The molecule has 0 saturated heterocycles. The third-order valence-electron chi connectivity index (χ3n) is 0.549. The minimum absolute atomic E-state index is 1.12. The van der Waals surface area contributed by atoms with Gasteiger partial charge in [-0.15, -0.1) is 4.84 Å². The molecule has 0 bridgehead atoms. The molecule has 62 valence electrons. The summed E-state index contributed by atoms with van der Waals surface area (Å²) in [6, 6.07) is 0. The molecule has 0 aliphatic heterocycles. The number of nitrogens with one attached hydrogen (secondary N) is 3. The van der Waals surface area contributed by atoms with Crippen molar-refractivity contribution in [1.82, 2.24) is 0 Å². The van der Waals surface area contributed by atoms with E-state index < -0.39 is 16.3 Å². The molecule has 7 nitrogen and oxygen atoms in total. The summed E-state index contributed by atoms with van der Waals surface area (Å²) in [7, 11) is 0. The van der Waals surface area contributed by atoms with Gasteiger partial charge in [0, 0.05) is 0 Å². The molecule has 0 aromatic carbocycles. The maximum atomic E-state index is 10.4. The lowest BCUT2D eigenvalue weighted by Crippen LogP contribution is -3.54. The van der Waals surface area contributed by atoms with Crippen molar-refractivity contribution in [2.24, 2.45) is 5.73 Å². The molecule has 2 unspecified atom stereocenters. The fourth-order valence-electron chi connectivity index (χ4n) is 0.287. The predicted molar refractivity (Wildman–Crippen MR) is 30.8 cm³/mol. The lowest BCUT2D eigenvalue weighted by Gasteiger charge is -2.28. The van der Waals surface area contributed by atoms with Crippen LogP contribution in [-0.4, -0.2) is 10.9 Å². The summed E-state index contributed by atoms with van der Waals surface area (Å²) in [6.07, 6.45) is 0. The van der Waals surface area contributed by atoms with Crippen LogP contribution in [-0.2, 0) is 4.84 Å². The summed E-state index contributed by atoms with van der Waals surface area (Å²) in [5.74, 6) is 6.41. The van der Waals surface area contributed by atoms with Crippen molar-refractivity contribution in [1.29, 1.82) is 0 Å². The molecule has 6 N–H and O–H groups in total. The maximum absolute atomic E-state index is 10.4. The van der Waals surface area contributed by atoms with E-state index in [2.05, 4.69) is 4.84 Å². The summed E-state index contributed by atoms with van der Waals surface area (Å²) in [5.41, 5.74) is 4.08. The van der Waals surface area contributed by atoms with Crippen LogP contribution in [0.5, 0.6) is 0 Å². The van der Waals surface area contributed by atoms with Crippen LogP contribution in [0.4, 0.5) is 0 Å². The van der Waals surface area contributed by atoms with Gasteiger partial charge in [0.1, 0.15) is 0 Å². The van der Waals surface area contributed by atoms with E-state index in [1.807, 2.05) is 0 Å². The molecule has 7 heteroatoms. The van der Waals surface area contributed by atoms with Crippen LogP contribution < -0.4 is 16.4 Å². The Hall–Kier alpha value is -0.280. The van der Waals surface area contributed by atoms with Crippen molar-refractivity contribution in [3.05, 3.63) is 11.0 Å². The van der Waals surface area contributed by atoms with Crippen LogP contribution in [0.25, 0.3) is 5.84 Å². The van der Waals surface area contributed by atoms with E-state index in [4.69, 9.17) is 16.8 Å². The van der Waals surface area contributed by atoms with Crippen LogP contribution in [0.1, 0.15) is 13.8 Å². The first kappa shape index (κ1) is 9.72. The number of rotatable bonds is 3. The van der Waals surface area contributed by atoms with Gasteiger partial charge in [0.2, 0.25) is 0 Å². The normalized spacial score (nSPS) is 18.6. The van der Waals surface area contributed by atoms with E-state index in [0.717, 1.165) is 0 Å². The second-order valence-corrected chi connectivity index (χ2v) is 2.34. The molecular weight excluding hydrogens is 140 g/mol. The van der Waals surface area contributed by atoms with Crippen molar-refractivity contribution < 1.29 is 20.7 Å². The van der Waals surface area contributed by atoms with Gasteiger partial charge in [-0.05, 0) is 13.8 Å². The third-order valence-corrected chi connectivity index (χ3v) is 0.549. The van der Waals surface area contributed by atoms with Crippen LogP contribution in [0.3, 0.4) is 0 Å². The van der Waals surface area contributed by atoms with Gasteiger partial charge in [-0.2, -0.15) is 5.21 Å². The average Bonchev–Trinajstić information content (AvgIpc) is 1.60. The van der Waals surface area contributed by atoms with Crippen LogP contribution in [0.15, 0.2) is 0 Å². The fraction of sp³-hybridized carbons (Fsp3) is 1.00. The highest BCUT2D eigenvalue weighted by molar-refractivity contribution is 4.50. The molecule has 0 aliphatic rings. The Balaban J connectivity index is 3.68. The van der Waals surface area contributed by atoms with E-state index in [9.17, 15) is 5.21 Å². The standard InChI is InChI=1S/C3H12N4O3/c1-3(2,4)10-7(9)6(5)8/h5-8H,4H2,1-2H3. The molecule has 0 rings (SSSR count). The lowest BCUT2D eigenvalue weighted by atomic mass is 10.3. The van der Waals surface area contributed by atoms with Crippen LogP contribution in [0.2, 0.25) is 0 Å². The summed E-state index contributed by atoms with van der Waals surface area (Å²) in [4.78, 5) is 4.36. The maximum Gasteiger partial charge on any atom is 0.177 e. The van der Waals surface area contributed by atoms with Crippen molar-refractivity contribution in [2.45, 2.75) is 19.6 Å². The van der Waals surface area contributed by atoms with Crippen molar-refractivity contribution in [3.63, 3.8) is 0 Å². The Morgan fingerprint density at radius 1 is 1.70 bits per heavy atom. The van der Waals surface area contributed by atoms with E-state index >= 15 is 0 Å². The van der Waals surface area contributed by atoms with Gasteiger partial charge in [-0.1, -0.05) is 10.6 Å². The molecule has 0 spiro atoms. The molecule has 2 atom stereocenters. The second kappa shape index (κ2) is 3.21.